The molecule has 1 aliphatic heterocycles. The number of halogens is 1. The first-order chi connectivity index (χ1) is 10.9. The molecule has 1 atom stereocenters. The van der Waals surface area contributed by atoms with Gasteiger partial charge in [-0.05, 0) is 24.0 Å². The van der Waals surface area contributed by atoms with E-state index in [-0.39, 0.29) is 17.4 Å². The van der Waals surface area contributed by atoms with E-state index in [4.69, 9.17) is 21.9 Å². The number of aromatic nitrogens is 1. The van der Waals surface area contributed by atoms with Gasteiger partial charge in [-0.3, -0.25) is 4.79 Å². The van der Waals surface area contributed by atoms with E-state index in [1.807, 2.05) is 18.2 Å². The van der Waals surface area contributed by atoms with Crippen molar-refractivity contribution in [2.24, 2.45) is 11.1 Å². The smallest absolute Gasteiger partial charge is 0.276 e. The van der Waals surface area contributed by atoms with Crippen LogP contribution in [0.25, 0.3) is 11.3 Å². The van der Waals surface area contributed by atoms with Crippen LogP contribution in [0.1, 0.15) is 30.8 Å². The van der Waals surface area contributed by atoms with Crippen LogP contribution in [-0.2, 0) is 0 Å². The average Bonchev–Trinajstić information content (AvgIpc) is 2.99. The van der Waals surface area contributed by atoms with Gasteiger partial charge >= 0.3 is 0 Å². The Morgan fingerprint density at radius 1 is 1.43 bits per heavy atom. The molecule has 122 valence electrons. The van der Waals surface area contributed by atoms with E-state index in [0.29, 0.717) is 29.6 Å². The van der Waals surface area contributed by atoms with Crippen LogP contribution in [-0.4, -0.2) is 35.1 Å². The zero-order chi connectivity index (χ0) is 16.6. The fraction of sp³-hybridized carbons (Fsp3) is 0.412. The number of carbonyl (C=O) groups is 1. The van der Waals surface area contributed by atoms with Gasteiger partial charge < -0.3 is 15.2 Å². The molecule has 2 N–H and O–H groups in total. The molecule has 0 radical (unpaired) electrons. The second-order valence-electron chi connectivity index (χ2n) is 6.67. The molecule has 2 heterocycles. The first-order valence-corrected chi connectivity index (χ1v) is 8.03. The van der Waals surface area contributed by atoms with Crippen LogP contribution >= 0.6 is 11.6 Å². The average molecular weight is 334 g/mol. The third-order valence-corrected chi connectivity index (χ3v) is 4.80. The highest BCUT2D eigenvalue weighted by atomic mass is 35.5. The molecule has 23 heavy (non-hydrogen) atoms. The molecule has 3 rings (SSSR count). The topological polar surface area (TPSA) is 72.4 Å². The summed E-state index contributed by atoms with van der Waals surface area (Å²) in [7, 11) is 0. The van der Waals surface area contributed by atoms with Crippen molar-refractivity contribution in [1.29, 1.82) is 0 Å². The molecule has 2 aromatic rings. The minimum atomic E-state index is -0.132. The monoisotopic (exact) mass is 333 g/mol. The molecule has 1 unspecified atom stereocenters. The molecular formula is C17H20ClN3O2. The summed E-state index contributed by atoms with van der Waals surface area (Å²) in [5, 5.41) is 4.48. The number of benzene rings is 1. The quantitative estimate of drug-likeness (QED) is 0.916. The van der Waals surface area contributed by atoms with Crippen molar-refractivity contribution in [3.05, 3.63) is 41.0 Å². The standard InChI is InChI=1S/C17H20ClN3O2/c1-17(2)10-21(8-7-15(17)19)16(22)13-9-14(23-20-13)11-5-3-4-6-12(11)18/h3-6,9,15H,7-8,10,19H2,1-2H3. The van der Waals surface area contributed by atoms with Crippen LogP contribution in [0.3, 0.4) is 0 Å². The van der Waals surface area contributed by atoms with Crippen molar-refractivity contribution >= 4 is 17.5 Å². The van der Waals surface area contributed by atoms with E-state index in [1.54, 1.807) is 17.0 Å². The largest absolute Gasteiger partial charge is 0.355 e. The lowest BCUT2D eigenvalue weighted by atomic mass is 9.79. The zero-order valence-corrected chi connectivity index (χ0v) is 14.0. The first kappa shape index (κ1) is 16.0. The van der Waals surface area contributed by atoms with E-state index in [9.17, 15) is 4.79 Å². The molecule has 5 nitrogen and oxygen atoms in total. The Balaban J connectivity index is 1.81. The van der Waals surface area contributed by atoms with Crippen LogP contribution in [0, 0.1) is 5.41 Å². The number of hydrogen-bond acceptors (Lipinski definition) is 4. The summed E-state index contributed by atoms with van der Waals surface area (Å²) in [4.78, 5) is 14.4. The second-order valence-corrected chi connectivity index (χ2v) is 7.07. The molecule has 1 saturated heterocycles. The number of nitrogens with zero attached hydrogens (tertiary/aromatic N) is 2. The number of hydrogen-bond donors (Lipinski definition) is 1. The maximum Gasteiger partial charge on any atom is 0.276 e. The molecule has 1 amide bonds. The van der Waals surface area contributed by atoms with Gasteiger partial charge in [-0.2, -0.15) is 0 Å². The molecule has 6 heteroatoms. The van der Waals surface area contributed by atoms with Crippen LogP contribution < -0.4 is 5.73 Å². The summed E-state index contributed by atoms with van der Waals surface area (Å²) >= 11 is 6.15. The van der Waals surface area contributed by atoms with Crippen molar-refractivity contribution in [3.63, 3.8) is 0 Å². The Hall–Kier alpha value is -1.85. The number of rotatable bonds is 2. The summed E-state index contributed by atoms with van der Waals surface area (Å²) in [6.07, 6.45) is 0.786. The predicted octanol–water partition coefficient (Wildman–Crippen LogP) is 3.19. The van der Waals surface area contributed by atoms with E-state index in [2.05, 4.69) is 19.0 Å². The summed E-state index contributed by atoms with van der Waals surface area (Å²) < 4.78 is 5.31. The highest BCUT2D eigenvalue weighted by Gasteiger charge is 2.36. The predicted molar refractivity (Wildman–Crippen MR) is 89.2 cm³/mol. The van der Waals surface area contributed by atoms with Gasteiger partial charge in [0.1, 0.15) is 0 Å². The van der Waals surface area contributed by atoms with Crippen LogP contribution in [0.2, 0.25) is 5.02 Å². The summed E-state index contributed by atoms with van der Waals surface area (Å²) in [6.45, 7) is 5.41. The van der Waals surface area contributed by atoms with Gasteiger partial charge in [0, 0.05) is 30.8 Å². The van der Waals surface area contributed by atoms with E-state index in [1.165, 1.54) is 0 Å². The van der Waals surface area contributed by atoms with Crippen LogP contribution in [0.15, 0.2) is 34.9 Å². The normalized spacial score (nSPS) is 20.5. The van der Waals surface area contributed by atoms with Gasteiger partial charge in [-0.25, -0.2) is 0 Å². The molecule has 0 saturated carbocycles. The maximum absolute atomic E-state index is 12.7. The van der Waals surface area contributed by atoms with Gasteiger partial charge in [0.15, 0.2) is 11.5 Å². The summed E-state index contributed by atoms with van der Waals surface area (Å²) in [6, 6.07) is 9.05. The number of piperidine rings is 1. The third kappa shape index (κ3) is 3.12. The molecule has 0 aliphatic carbocycles. The molecule has 0 spiro atoms. The number of carbonyl (C=O) groups excluding carboxylic acids is 1. The van der Waals surface area contributed by atoms with E-state index >= 15 is 0 Å². The van der Waals surface area contributed by atoms with Gasteiger partial charge in [0.2, 0.25) is 0 Å². The SMILES string of the molecule is CC1(C)CN(C(=O)c2cc(-c3ccccc3Cl)on2)CCC1N. The maximum atomic E-state index is 12.7. The number of likely N-dealkylation sites (tertiary alicyclic amines) is 1. The molecule has 0 bridgehead atoms. The van der Waals surface area contributed by atoms with Crippen LogP contribution in [0.5, 0.6) is 0 Å². The number of amides is 1. The first-order valence-electron chi connectivity index (χ1n) is 7.65. The highest BCUT2D eigenvalue weighted by molar-refractivity contribution is 6.33. The Morgan fingerprint density at radius 2 is 2.17 bits per heavy atom. The highest BCUT2D eigenvalue weighted by Crippen LogP contribution is 2.30. The Morgan fingerprint density at radius 3 is 2.87 bits per heavy atom. The lowest BCUT2D eigenvalue weighted by Gasteiger charge is -2.42. The lowest BCUT2D eigenvalue weighted by molar-refractivity contribution is 0.0523. The molecule has 1 aromatic heterocycles. The zero-order valence-electron chi connectivity index (χ0n) is 13.3. The van der Waals surface area contributed by atoms with Crippen molar-refractivity contribution < 1.29 is 9.32 Å². The lowest BCUT2D eigenvalue weighted by Crippen LogP contribution is -2.54. The second kappa shape index (κ2) is 5.98. The minimum Gasteiger partial charge on any atom is -0.355 e. The van der Waals surface area contributed by atoms with Crippen molar-refractivity contribution in [1.82, 2.24) is 10.1 Å². The summed E-state index contributed by atoms with van der Waals surface area (Å²) in [5.41, 5.74) is 7.04. The molecule has 1 aromatic carbocycles. The van der Waals surface area contributed by atoms with E-state index in [0.717, 1.165) is 12.0 Å². The third-order valence-electron chi connectivity index (χ3n) is 4.47. The van der Waals surface area contributed by atoms with Gasteiger partial charge in [-0.15, -0.1) is 0 Å². The Labute approximate surface area is 140 Å². The van der Waals surface area contributed by atoms with Gasteiger partial charge in [0.25, 0.3) is 5.91 Å². The van der Waals surface area contributed by atoms with Crippen molar-refractivity contribution in [2.75, 3.05) is 13.1 Å². The van der Waals surface area contributed by atoms with Crippen molar-refractivity contribution in [3.8, 4) is 11.3 Å². The molecule has 1 aliphatic rings. The van der Waals surface area contributed by atoms with Gasteiger partial charge in [0.05, 0.1) is 5.02 Å². The van der Waals surface area contributed by atoms with Crippen molar-refractivity contribution in [2.45, 2.75) is 26.3 Å². The summed E-state index contributed by atoms with van der Waals surface area (Å²) in [5.74, 6) is 0.360. The molecule has 1 fully saturated rings. The Bertz CT molecular complexity index is 726. The van der Waals surface area contributed by atoms with E-state index < -0.39 is 0 Å². The Kier molecular flexibility index (Phi) is 4.17. The van der Waals surface area contributed by atoms with Crippen LogP contribution in [0.4, 0.5) is 0 Å². The van der Waals surface area contributed by atoms with Gasteiger partial charge in [-0.1, -0.05) is 42.7 Å². The minimum absolute atomic E-state index is 0.0996. The fourth-order valence-corrected chi connectivity index (χ4v) is 3.10. The fourth-order valence-electron chi connectivity index (χ4n) is 2.87. The molecular weight excluding hydrogens is 314 g/mol. The number of nitrogens with two attached hydrogens (primary N) is 1.